The highest BCUT2D eigenvalue weighted by molar-refractivity contribution is 6.27. The second-order valence-electron chi connectivity index (χ2n) is 4.95. The van der Waals surface area contributed by atoms with Crippen LogP contribution in [0.2, 0.25) is 0 Å². The van der Waals surface area contributed by atoms with Crippen LogP contribution in [0, 0.1) is 0 Å². The van der Waals surface area contributed by atoms with Crippen molar-refractivity contribution in [2.45, 2.75) is 38.3 Å². The van der Waals surface area contributed by atoms with Crippen LogP contribution in [-0.2, 0) is 11.3 Å². The minimum atomic E-state index is 0.0244. The minimum absolute atomic E-state index is 0.0244. The van der Waals surface area contributed by atoms with E-state index in [-0.39, 0.29) is 11.8 Å². The lowest BCUT2D eigenvalue weighted by molar-refractivity contribution is -0.131. The van der Waals surface area contributed by atoms with Crippen LogP contribution in [-0.4, -0.2) is 29.8 Å². The molecule has 1 fully saturated rings. The van der Waals surface area contributed by atoms with Gasteiger partial charge >= 0.3 is 0 Å². The summed E-state index contributed by atoms with van der Waals surface area (Å²) in [7, 11) is 1.65. The molecule has 3 nitrogen and oxygen atoms in total. The van der Waals surface area contributed by atoms with Gasteiger partial charge < -0.3 is 9.64 Å². The lowest BCUT2D eigenvalue weighted by atomic mass is 10.1. The molecule has 0 aromatic heterocycles. The molecule has 104 valence electrons. The second-order valence-corrected chi connectivity index (χ2v) is 5.21. The Hall–Kier alpha value is -1.22. The van der Waals surface area contributed by atoms with Crippen molar-refractivity contribution in [2.75, 3.05) is 13.0 Å². The largest absolute Gasteiger partial charge is 0.497 e. The van der Waals surface area contributed by atoms with Gasteiger partial charge in [-0.05, 0) is 30.5 Å². The molecule has 0 spiro atoms. The number of methoxy groups -OCH3 is 1. The topological polar surface area (TPSA) is 29.5 Å². The Bertz CT molecular complexity index is 430. The van der Waals surface area contributed by atoms with Crippen molar-refractivity contribution in [3.63, 3.8) is 0 Å². The van der Waals surface area contributed by atoms with E-state index in [9.17, 15) is 4.79 Å². The van der Waals surface area contributed by atoms with Gasteiger partial charge in [0.05, 0.1) is 7.11 Å². The van der Waals surface area contributed by atoms with Gasteiger partial charge in [-0.1, -0.05) is 25.0 Å². The van der Waals surface area contributed by atoms with Crippen LogP contribution in [0.5, 0.6) is 5.75 Å². The van der Waals surface area contributed by atoms with E-state index in [1.165, 1.54) is 12.8 Å². The summed E-state index contributed by atoms with van der Waals surface area (Å²) in [5.74, 6) is 0.902. The number of halogens is 1. The first-order valence-electron chi connectivity index (χ1n) is 6.73. The molecule has 0 unspecified atom stereocenters. The molecule has 2 rings (SSSR count). The molecule has 0 atom stereocenters. The number of benzene rings is 1. The van der Waals surface area contributed by atoms with Crippen molar-refractivity contribution < 1.29 is 9.53 Å². The molecule has 19 heavy (non-hydrogen) atoms. The number of ether oxygens (including phenoxy) is 1. The third kappa shape index (κ3) is 3.63. The Morgan fingerprint density at radius 3 is 2.79 bits per heavy atom. The number of rotatable bonds is 5. The van der Waals surface area contributed by atoms with Crippen LogP contribution < -0.4 is 4.74 Å². The number of amides is 1. The zero-order valence-electron chi connectivity index (χ0n) is 11.3. The molecule has 0 N–H and O–H groups in total. The second kappa shape index (κ2) is 6.80. The van der Waals surface area contributed by atoms with E-state index in [4.69, 9.17) is 16.3 Å². The maximum absolute atomic E-state index is 12.0. The number of carbonyl (C=O) groups excluding carboxylic acids is 1. The van der Waals surface area contributed by atoms with Crippen LogP contribution in [0.1, 0.15) is 31.2 Å². The molecule has 1 aromatic carbocycles. The summed E-state index contributed by atoms with van der Waals surface area (Å²) in [4.78, 5) is 13.9. The van der Waals surface area contributed by atoms with E-state index in [1.54, 1.807) is 7.11 Å². The molecule has 1 aromatic rings. The van der Waals surface area contributed by atoms with Crippen LogP contribution in [0.25, 0.3) is 0 Å². The highest BCUT2D eigenvalue weighted by atomic mass is 35.5. The quantitative estimate of drug-likeness (QED) is 0.776. The molecule has 0 aliphatic heterocycles. The number of hydrogen-bond acceptors (Lipinski definition) is 2. The fourth-order valence-electron chi connectivity index (χ4n) is 2.68. The summed E-state index contributed by atoms with van der Waals surface area (Å²) >= 11 is 5.73. The van der Waals surface area contributed by atoms with Gasteiger partial charge in [0.25, 0.3) is 0 Å². The monoisotopic (exact) mass is 281 g/mol. The molecular weight excluding hydrogens is 262 g/mol. The summed E-state index contributed by atoms with van der Waals surface area (Å²) in [6, 6.07) is 8.20. The number of carbonyl (C=O) groups is 1. The first kappa shape index (κ1) is 14.2. The molecule has 4 heteroatoms. The predicted molar refractivity (Wildman–Crippen MR) is 76.5 cm³/mol. The number of nitrogens with zero attached hydrogens (tertiary/aromatic N) is 1. The summed E-state index contributed by atoms with van der Waals surface area (Å²) in [6.07, 6.45) is 4.59. The zero-order chi connectivity index (χ0) is 13.7. The van der Waals surface area contributed by atoms with Gasteiger partial charge in [-0.25, -0.2) is 0 Å². The van der Waals surface area contributed by atoms with Gasteiger partial charge in [-0.15, -0.1) is 11.6 Å². The Morgan fingerprint density at radius 1 is 1.42 bits per heavy atom. The van der Waals surface area contributed by atoms with Gasteiger partial charge in [0.15, 0.2) is 0 Å². The molecular formula is C15H20ClNO2. The van der Waals surface area contributed by atoms with Crippen molar-refractivity contribution in [3.05, 3.63) is 29.8 Å². The van der Waals surface area contributed by atoms with Crippen molar-refractivity contribution >= 4 is 17.5 Å². The van der Waals surface area contributed by atoms with E-state index in [1.807, 2.05) is 29.2 Å². The summed E-state index contributed by atoms with van der Waals surface area (Å²) in [5, 5.41) is 0. The maximum atomic E-state index is 12.0. The van der Waals surface area contributed by atoms with Gasteiger partial charge in [-0.2, -0.15) is 0 Å². The highest BCUT2D eigenvalue weighted by Crippen LogP contribution is 2.26. The van der Waals surface area contributed by atoms with E-state index in [0.29, 0.717) is 12.6 Å². The van der Waals surface area contributed by atoms with Crippen molar-refractivity contribution in [3.8, 4) is 5.75 Å². The fraction of sp³-hybridized carbons (Fsp3) is 0.533. The molecule has 1 saturated carbocycles. The highest BCUT2D eigenvalue weighted by Gasteiger charge is 2.26. The molecule has 0 radical (unpaired) electrons. The van der Waals surface area contributed by atoms with Crippen molar-refractivity contribution in [1.29, 1.82) is 0 Å². The normalized spacial score (nSPS) is 15.5. The molecule has 0 bridgehead atoms. The van der Waals surface area contributed by atoms with E-state index >= 15 is 0 Å². The van der Waals surface area contributed by atoms with E-state index < -0.39 is 0 Å². The van der Waals surface area contributed by atoms with Crippen LogP contribution in [0.4, 0.5) is 0 Å². The lowest BCUT2D eigenvalue weighted by Gasteiger charge is -2.28. The Morgan fingerprint density at radius 2 is 2.16 bits per heavy atom. The average molecular weight is 282 g/mol. The first-order valence-corrected chi connectivity index (χ1v) is 7.26. The zero-order valence-corrected chi connectivity index (χ0v) is 12.0. The average Bonchev–Trinajstić information content (AvgIpc) is 2.98. The standard InChI is InChI=1S/C15H20ClNO2/c1-19-14-8-4-5-12(9-14)11-17(15(18)10-16)13-6-2-3-7-13/h4-5,8-9,13H,2-3,6-7,10-11H2,1H3. The van der Waals surface area contributed by atoms with Crippen molar-refractivity contribution in [1.82, 2.24) is 4.90 Å². The third-order valence-electron chi connectivity index (χ3n) is 3.69. The number of hydrogen-bond donors (Lipinski definition) is 0. The van der Waals surface area contributed by atoms with Gasteiger partial charge in [0.1, 0.15) is 11.6 Å². The van der Waals surface area contributed by atoms with E-state index in [0.717, 1.165) is 24.2 Å². The van der Waals surface area contributed by atoms with Crippen LogP contribution in [0.3, 0.4) is 0 Å². The summed E-state index contributed by atoms with van der Waals surface area (Å²) in [6.45, 7) is 0.618. The predicted octanol–water partition coefficient (Wildman–Crippen LogP) is 3.21. The molecule has 1 aliphatic carbocycles. The third-order valence-corrected chi connectivity index (χ3v) is 3.92. The maximum Gasteiger partial charge on any atom is 0.238 e. The molecule has 0 saturated heterocycles. The Kier molecular flexibility index (Phi) is 5.08. The SMILES string of the molecule is COc1cccc(CN(C(=O)CCl)C2CCCC2)c1. The van der Waals surface area contributed by atoms with Crippen LogP contribution in [0.15, 0.2) is 24.3 Å². The Labute approximate surface area is 119 Å². The van der Waals surface area contributed by atoms with Crippen molar-refractivity contribution in [2.24, 2.45) is 0 Å². The number of alkyl halides is 1. The van der Waals surface area contributed by atoms with Gasteiger partial charge in [0.2, 0.25) is 5.91 Å². The Balaban J connectivity index is 2.12. The smallest absolute Gasteiger partial charge is 0.238 e. The lowest BCUT2D eigenvalue weighted by Crippen LogP contribution is -2.39. The van der Waals surface area contributed by atoms with Gasteiger partial charge in [0, 0.05) is 12.6 Å². The summed E-state index contributed by atoms with van der Waals surface area (Å²) < 4.78 is 5.22. The van der Waals surface area contributed by atoms with E-state index in [2.05, 4.69) is 0 Å². The fourth-order valence-corrected chi connectivity index (χ4v) is 2.83. The summed E-state index contributed by atoms with van der Waals surface area (Å²) in [5.41, 5.74) is 1.09. The first-order chi connectivity index (χ1) is 9.24. The van der Waals surface area contributed by atoms with Crippen LogP contribution >= 0.6 is 11.6 Å². The molecule has 1 amide bonds. The molecule has 0 heterocycles. The minimum Gasteiger partial charge on any atom is -0.497 e. The molecule has 1 aliphatic rings. The van der Waals surface area contributed by atoms with Gasteiger partial charge in [-0.3, -0.25) is 4.79 Å².